The molecule has 21 heavy (non-hydrogen) atoms. The maximum Gasteiger partial charge on any atom is 0.184 e. The fraction of sp³-hybridized carbons (Fsp3) is 0.368. The van der Waals surface area contributed by atoms with E-state index < -0.39 is 0 Å². The van der Waals surface area contributed by atoms with Crippen LogP contribution in [0.4, 0.5) is 0 Å². The zero-order valence-electron chi connectivity index (χ0n) is 13.2. The summed E-state index contributed by atoms with van der Waals surface area (Å²) < 4.78 is 0. The number of rotatable bonds is 3. The van der Waals surface area contributed by atoms with Crippen molar-refractivity contribution in [2.75, 3.05) is 0 Å². The van der Waals surface area contributed by atoms with E-state index in [4.69, 9.17) is 0 Å². The van der Waals surface area contributed by atoms with Crippen LogP contribution >= 0.6 is 0 Å². The van der Waals surface area contributed by atoms with E-state index in [1.54, 1.807) is 0 Å². The minimum absolute atomic E-state index is 0.0992. The molecule has 0 saturated carbocycles. The van der Waals surface area contributed by atoms with Crippen LogP contribution in [0.2, 0.25) is 0 Å². The molecular weight excluding hydrogens is 260 g/mol. The van der Waals surface area contributed by atoms with Gasteiger partial charge in [-0.05, 0) is 85.8 Å². The van der Waals surface area contributed by atoms with Gasteiger partial charge in [0.25, 0.3) is 0 Å². The molecule has 2 nitrogen and oxygen atoms in total. The molecule has 110 valence electrons. The number of ketones is 2. The Morgan fingerprint density at radius 1 is 0.762 bits per heavy atom. The number of hydrogen-bond donors (Lipinski definition) is 0. The average Bonchev–Trinajstić information content (AvgIpc) is 2.45. The molecule has 0 fully saturated rings. The van der Waals surface area contributed by atoms with Gasteiger partial charge in [0.05, 0.1) is 0 Å². The minimum atomic E-state index is 0.0992. The summed E-state index contributed by atoms with van der Waals surface area (Å²) in [6.45, 7) is 7.67. The normalized spacial score (nSPS) is 19.2. The van der Waals surface area contributed by atoms with Crippen LogP contribution in [0, 0.1) is 0 Å². The molecule has 0 atom stereocenters. The lowest BCUT2D eigenvalue weighted by Crippen LogP contribution is -2.11. The van der Waals surface area contributed by atoms with E-state index in [1.165, 1.54) is 0 Å². The topological polar surface area (TPSA) is 34.1 Å². The van der Waals surface area contributed by atoms with Gasteiger partial charge in [0.15, 0.2) is 11.6 Å². The zero-order chi connectivity index (χ0) is 15.6. The summed E-state index contributed by atoms with van der Waals surface area (Å²) in [6, 6.07) is 0. The van der Waals surface area contributed by atoms with E-state index in [0.29, 0.717) is 0 Å². The van der Waals surface area contributed by atoms with Crippen LogP contribution < -0.4 is 0 Å². The number of hydrogen-bond acceptors (Lipinski definition) is 2. The molecule has 0 spiro atoms. The highest BCUT2D eigenvalue weighted by molar-refractivity contribution is 6.11. The van der Waals surface area contributed by atoms with Crippen molar-refractivity contribution in [3.05, 3.63) is 57.7 Å². The first-order valence-electron chi connectivity index (χ1n) is 7.53. The summed E-state index contributed by atoms with van der Waals surface area (Å²) in [4.78, 5) is 24.0. The molecule has 0 aromatic heterocycles. The zero-order valence-corrected chi connectivity index (χ0v) is 13.2. The third-order valence-electron chi connectivity index (χ3n) is 3.94. The van der Waals surface area contributed by atoms with Crippen molar-refractivity contribution < 1.29 is 9.59 Å². The van der Waals surface area contributed by atoms with Crippen molar-refractivity contribution in [1.29, 1.82) is 0 Å². The highest BCUT2D eigenvalue weighted by atomic mass is 16.1. The number of allylic oxidation sites excluding steroid dienone is 10. The molecule has 0 heterocycles. The number of carbonyl (C=O) groups is 2. The van der Waals surface area contributed by atoms with Crippen molar-refractivity contribution in [1.82, 2.24) is 0 Å². The van der Waals surface area contributed by atoms with Crippen LogP contribution in [0.5, 0.6) is 0 Å². The fourth-order valence-corrected chi connectivity index (χ4v) is 2.68. The molecule has 2 rings (SSSR count). The molecule has 0 aliphatic heterocycles. The molecule has 0 N–H and O–H groups in total. The van der Waals surface area contributed by atoms with Crippen LogP contribution in [0.15, 0.2) is 57.7 Å². The van der Waals surface area contributed by atoms with Crippen LogP contribution in [-0.2, 0) is 9.59 Å². The third-order valence-corrected chi connectivity index (χ3v) is 3.94. The molecule has 2 heteroatoms. The summed E-state index contributed by atoms with van der Waals surface area (Å²) in [5, 5.41) is 0. The van der Waals surface area contributed by atoms with Gasteiger partial charge in [-0.15, -0.1) is 0 Å². The van der Waals surface area contributed by atoms with Crippen LogP contribution in [0.3, 0.4) is 0 Å². The maximum absolute atomic E-state index is 12.2. The van der Waals surface area contributed by atoms with Gasteiger partial charge in [0.1, 0.15) is 0 Å². The van der Waals surface area contributed by atoms with E-state index in [0.717, 1.165) is 52.7 Å². The summed E-state index contributed by atoms with van der Waals surface area (Å²) in [6.07, 6.45) is 10.7. The van der Waals surface area contributed by atoms with Crippen LogP contribution in [-0.4, -0.2) is 11.6 Å². The summed E-state index contributed by atoms with van der Waals surface area (Å²) >= 11 is 0. The predicted octanol–water partition coefficient (Wildman–Crippen LogP) is 4.40. The number of carbonyl (C=O) groups excluding carboxylic acids is 2. The quantitative estimate of drug-likeness (QED) is 0.768. The first-order valence-corrected chi connectivity index (χ1v) is 7.53. The Bertz CT molecular complexity index is 625. The molecule has 0 radical (unpaired) electrons. The lowest BCUT2D eigenvalue weighted by molar-refractivity contribution is -0.113. The van der Waals surface area contributed by atoms with E-state index in [1.807, 2.05) is 45.1 Å². The van der Waals surface area contributed by atoms with Gasteiger partial charge in [-0.2, -0.15) is 0 Å². The average molecular weight is 282 g/mol. The van der Waals surface area contributed by atoms with E-state index in [-0.39, 0.29) is 11.6 Å². The summed E-state index contributed by atoms with van der Waals surface area (Å²) in [5.41, 5.74) is 5.22. The molecule has 0 saturated heterocycles. The lowest BCUT2D eigenvalue weighted by Gasteiger charge is -2.17. The highest BCUT2D eigenvalue weighted by Gasteiger charge is 2.19. The molecule has 0 unspecified atom stereocenters. The van der Waals surface area contributed by atoms with Crippen LogP contribution in [0.25, 0.3) is 0 Å². The van der Waals surface area contributed by atoms with Gasteiger partial charge >= 0.3 is 0 Å². The standard InChI is InChI=1S/C19H22O2/c1-5-6-7-15-11-17(10-14(4)19(15)21)16-8-12(2)18(20)13(3)9-16/h8-11H,5-7H2,1-4H3. The van der Waals surface area contributed by atoms with E-state index >= 15 is 0 Å². The largest absolute Gasteiger partial charge is 0.289 e. The van der Waals surface area contributed by atoms with E-state index in [2.05, 4.69) is 6.92 Å². The lowest BCUT2D eigenvalue weighted by atomic mass is 9.86. The fourth-order valence-electron chi connectivity index (χ4n) is 2.68. The highest BCUT2D eigenvalue weighted by Crippen LogP contribution is 2.28. The van der Waals surface area contributed by atoms with Crippen molar-refractivity contribution in [2.24, 2.45) is 0 Å². The SMILES string of the molecule is CCCCC1=CC(=C2C=C(C)C(=O)C(C)=C2)C=C(C)C1=O. The number of Topliss-reactive ketones (excluding diaryl/α,β-unsaturated/α-hetero) is 2. The molecule has 0 aromatic carbocycles. The molecular formula is C19H22O2. The second-order valence-electron chi connectivity index (χ2n) is 5.82. The van der Waals surface area contributed by atoms with Crippen molar-refractivity contribution in [3.63, 3.8) is 0 Å². The first kappa shape index (κ1) is 15.4. The van der Waals surface area contributed by atoms with E-state index in [9.17, 15) is 9.59 Å². The molecule has 0 amide bonds. The number of unbranched alkanes of at least 4 members (excludes halogenated alkanes) is 1. The van der Waals surface area contributed by atoms with Gasteiger partial charge < -0.3 is 0 Å². The predicted molar refractivity (Wildman–Crippen MR) is 85.9 cm³/mol. The smallest absolute Gasteiger partial charge is 0.184 e. The molecule has 0 bridgehead atoms. The second kappa shape index (κ2) is 6.21. The van der Waals surface area contributed by atoms with Gasteiger partial charge in [-0.1, -0.05) is 13.3 Å². The third kappa shape index (κ3) is 3.21. The van der Waals surface area contributed by atoms with Gasteiger partial charge in [-0.3, -0.25) is 9.59 Å². The Hall–Kier alpha value is -1.96. The molecule has 2 aliphatic carbocycles. The van der Waals surface area contributed by atoms with Gasteiger partial charge in [0, 0.05) is 5.57 Å². The van der Waals surface area contributed by atoms with Crippen LogP contribution in [0.1, 0.15) is 47.0 Å². The summed E-state index contributed by atoms with van der Waals surface area (Å²) in [7, 11) is 0. The van der Waals surface area contributed by atoms with Gasteiger partial charge in [-0.25, -0.2) is 0 Å². The molecule has 0 aromatic rings. The van der Waals surface area contributed by atoms with Crippen molar-refractivity contribution >= 4 is 11.6 Å². The molecule has 2 aliphatic rings. The van der Waals surface area contributed by atoms with Crippen molar-refractivity contribution in [2.45, 2.75) is 47.0 Å². The second-order valence-corrected chi connectivity index (χ2v) is 5.82. The Morgan fingerprint density at radius 3 is 1.76 bits per heavy atom. The Morgan fingerprint density at radius 2 is 1.24 bits per heavy atom. The Labute approximate surface area is 126 Å². The Kier molecular flexibility index (Phi) is 4.56. The van der Waals surface area contributed by atoms with Gasteiger partial charge in [0.2, 0.25) is 0 Å². The van der Waals surface area contributed by atoms with Crippen molar-refractivity contribution in [3.8, 4) is 0 Å². The minimum Gasteiger partial charge on any atom is -0.289 e. The first-order chi connectivity index (χ1) is 9.93. The Balaban J connectivity index is 2.47. The summed E-state index contributed by atoms with van der Waals surface area (Å²) in [5.74, 6) is 0.253. The monoisotopic (exact) mass is 282 g/mol. The maximum atomic E-state index is 12.2.